The smallest absolute Gasteiger partial charge is 0.387 e. The number of esters is 1. The Kier molecular flexibility index (Phi) is 6.46. The minimum Gasteiger partial charge on any atom is -0.493 e. The number of benzene rings is 2. The van der Waals surface area contributed by atoms with E-state index in [2.05, 4.69) is 4.74 Å². The summed E-state index contributed by atoms with van der Waals surface area (Å²) in [5.41, 5.74) is 1.86. The zero-order valence-electron chi connectivity index (χ0n) is 16.2. The average molecular weight is 416 g/mol. The van der Waals surface area contributed by atoms with Crippen LogP contribution in [-0.4, -0.2) is 19.7 Å². The molecule has 0 spiro atoms. The van der Waals surface area contributed by atoms with Gasteiger partial charge in [0.1, 0.15) is 12.2 Å². The monoisotopic (exact) mass is 416 g/mol. The van der Waals surface area contributed by atoms with Crippen LogP contribution in [0.2, 0.25) is 0 Å². The maximum Gasteiger partial charge on any atom is 0.387 e. The number of fused-ring (bicyclic) bond motifs is 1. The molecule has 0 fully saturated rings. The number of alkyl halides is 2. The molecule has 2 aromatic carbocycles. The molecule has 3 aromatic rings. The maximum absolute atomic E-state index is 12.4. The number of halogens is 2. The van der Waals surface area contributed by atoms with Crippen molar-refractivity contribution < 1.29 is 32.2 Å². The van der Waals surface area contributed by atoms with Crippen LogP contribution in [-0.2, 0) is 16.1 Å². The molecular formula is C22H18F2O6. The number of carbonyl (C=O) groups excluding carboxylic acids is 1. The summed E-state index contributed by atoms with van der Waals surface area (Å²) in [6, 6.07) is 10.9. The first-order valence-corrected chi connectivity index (χ1v) is 8.87. The van der Waals surface area contributed by atoms with Crippen LogP contribution >= 0.6 is 0 Å². The van der Waals surface area contributed by atoms with E-state index in [0.29, 0.717) is 22.1 Å². The van der Waals surface area contributed by atoms with Crippen molar-refractivity contribution in [1.29, 1.82) is 0 Å². The molecule has 30 heavy (non-hydrogen) atoms. The lowest BCUT2D eigenvalue weighted by Gasteiger charge is -2.10. The molecule has 0 bridgehead atoms. The fourth-order valence-corrected chi connectivity index (χ4v) is 2.80. The fourth-order valence-electron chi connectivity index (χ4n) is 2.80. The highest BCUT2D eigenvalue weighted by Crippen LogP contribution is 2.29. The van der Waals surface area contributed by atoms with E-state index >= 15 is 0 Å². The Labute approximate surface area is 170 Å². The molecule has 156 valence electrons. The molecule has 3 rings (SSSR count). The van der Waals surface area contributed by atoms with Gasteiger partial charge in [-0.3, -0.25) is 0 Å². The second-order valence-corrected chi connectivity index (χ2v) is 6.32. The molecule has 0 unspecified atom stereocenters. The summed E-state index contributed by atoms with van der Waals surface area (Å²) in [5, 5.41) is 0.677. The number of aryl methyl sites for hydroxylation is 1. The molecule has 0 aliphatic rings. The molecule has 0 aliphatic heterocycles. The van der Waals surface area contributed by atoms with E-state index in [9.17, 15) is 18.4 Å². The third-order valence-corrected chi connectivity index (χ3v) is 4.17. The fraction of sp³-hybridized carbons (Fsp3) is 0.182. The topological polar surface area (TPSA) is 75.0 Å². The summed E-state index contributed by atoms with van der Waals surface area (Å²) in [5.74, 6) is -0.656. The van der Waals surface area contributed by atoms with Crippen LogP contribution in [0.5, 0.6) is 11.5 Å². The summed E-state index contributed by atoms with van der Waals surface area (Å²) in [7, 11) is 1.32. The van der Waals surface area contributed by atoms with Gasteiger partial charge in [-0.25, -0.2) is 9.59 Å². The molecule has 0 saturated carbocycles. The number of hydrogen-bond donors (Lipinski definition) is 0. The van der Waals surface area contributed by atoms with Gasteiger partial charge >= 0.3 is 18.2 Å². The van der Waals surface area contributed by atoms with Gasteiger partial charge in [-0.1, -0.05) is 18.2 Å². The maximum atomic E-state index is 12.4. The molecule has 0 amide bonds. The molecule has 0 saturated heterocycles. The lowest BCUT2D eigenvalue weighted by atomic mass is 10.1. The van der Waals surface area contributed by atoms with Gasteiger partial charge in [-0.2, -0.15) is 8.78 Å². The highest BCUT2D eigenvalue weighted by atomic mass is 19.3. The molecule has 0 atom stereocenters. The summed E-state index contributed by atoms with van der Waals surface area (Å²) in [6.07, 6.45) is 2.62. The third kappa shape index (κ3) is 5.22. The molecule has 1 heterocycles. The molecule has 0 N–H and O–H groups in total. The minimum absolute atomic E-state index is 0.101. The van der Waals surface area contributed by atoms with Crippen LogP contribution in [0.4, 0.5) is 8.78 Å². The van der Waals surface area contributed by atoms with Crippen molar-refractivity contribution >= 4 is 23.0 Å². The Morgan fingerprint density at radius 3 is 2.67 bits per heavy atom. The summed E-state index contributed by atoms with van der Waals surface area (Å²) >= 11 is 0. The molecule has 1 aromatic heterocycles. The SMILES string of the molecule is COc1cc(/C=C/C(=O)OCc2cc(=O)oc3cc(C)ccc23)ccc1OC(F)F. The van der Waals surface area contributed by atoms with E-state index in [1.165, 1.54) is 43.5 Å². The van der Waals surface area contributed by atoms with E-state index in [1.54, 1.807) is 12.1 Å². The number of ether oxygens (including phenoxy) is 3. The van der Waals surface area contributed by atoms with Crippen molar-refractivity contribution in [3.63, 3.8) is 0 Å². The van der Waals surface area contributed by atoms with Crippen LogP contribution in [0.1, 0.15) is 16.7 Å². The van der Waals surface area contributed by atoms with Crippen molar-refractivity contribution in [1.82, 2.24) is 0 Å². The molecule has 0 radical (unpaired) electrons. The van der Waals surface area contributed by atoms with E-state index in [4.69, 9.17) is 13.9 Å². The lowest BCUT2D eigenvalue weighted by Crippen LogP contribution is -2.05. The van der Waals surface area contributed by atoms with Crippen molar-refractivity contribution in [3.05, 3.63) is 75.7 Å². The highest BCUT2D eigenvalue weighted by molar-refractivity contribution is 5.87. The average Bonchev–Trinajstić information content (AvgIpc) is 2.70. The number of carbonyl (C=O) groups is 1. The van der Waals surface area contributed by atoms with Crippen LogP contribution in [0.15, 0.2) is 57.8 Å². The van der Waals surface area contributed by atoms with Crippen LogP contribution in [0.25, 0.3) is 17.0 Å². The number of rotatable bonds is 7. The first-order valence-electron chi connectivity index (χ1n) is 8.87. The normalized spacial score (nSPS) is 11.2. The van der Waals surface area contributed by atoms with Crippen molar-refractivity contribution in [2.45, 2.75) is 20.1 Å². The van der Waals surface area contributed by atoms with Crippen molar-refractivity contribution in [2.24, 2.45) is 0 Å². The summed E-state index contributed by atoms with van der Waals surface area (Å²) in [4.78, 5) is 23.8. The van der Waals surface area contributed by atoms with Gasteiger partial charge in [0.15, 0.2) is 11.5 Å². The van der Waals surface area contributed by atoms with E-state index in [1.807, 2.05) is 13.0 Å². The van der Waals surface area contributed by atoms with Gasteiger partial charge in [0.25, 0.3) is 0 Å². The number of hydrogen-bond acceptors (Lipinski definition) is 6. The van der Waals surface area contributed by atoms with Gasteiger partial charge in [-0.05, 0) is 42.3 Å². The van der Waals surface area contributed by atoms with Gasteiger partial charge < -0.3 is 18.6 Å². The first kappa shape index (κ1) is 21.0. The number of methoxy groups -OCH3 is 1. The Balaban J connectivity index is 1.70. The predicted molar refractivity (Wildman–Crippen MR) is 106 cm³/mol. The van der Waals surface area contributed by atoms with Crippen LogP contribution < -0.4 is 15.1 Å². The van der Waals surface area contributed by atoms with Gasteiger partial charge in [0.05, 0.1) is 7.11 Å². The Bertz CT molecular complexity index is 1150. The van der Waals surface area contributed by atoms with E-state index < -0.39 is 18.2 Å². The minimum atomic E-state index is -2.98. The second-order valence-electron chi connectivity index (χ2n) is 6.32. The van der Waals surface area contributed by atoms with Crippen LogP contribution in [0.3, 0.4) is 0 Å². The van der Waals surface area contributed by atoms with Gasteiger partial charge in [0.2, 0.25) is 0 Å². The lowest BCUT2D eigenvalue weighted by molar-refractivity contribution is -0.138. The zero-order valence-corrected chi connectivity index (χ0v) is 16.2. The molecule has 0 aliphatic carbocycles. The molecule has 8 heteroatoms. The summed E-state index contributed by atoms with van der Waals surface area (Å²) < 4.78 is 44.5. The predicted octanol–water partition coefficient (Wildman–Crippen LogP) is 4.47. The first-order chi connectivity index (χ1) is 14.4. The Hall–Kier alpha value is -3.68. The van der Waals surface area contributed by atoms with E-state index in [0.717, 1.165) is 5.56 Å². The van der Waals surface area contributed by atoms with E-state index in [-0.39, 0.29) is 18.1 Å². The van der Waals surface area contributed by atoms with Crippen LogP contribution in [0, 0.1) is 6.92 Å². The quantitative estimate of drug-likeness (QED) is 0.321. The van der Waals surface area contributed by atoms with Gasteiger partial charge in [0, 0.05) is 23.1 Å². The Morgan fingerprint density at radius 2 is 1.93 bits per heavy atom. The second kappa shape index (κ2) is 9.21. The highest BCUT2D eigenvalue weighted by Gasteiger charge is 2.11. The van der Waals surface area contributed by atoms with Gasteiger partial charge in [-0.15, -0.1) is 0 Å². The molecule has 6 nitrogen and oxygen atoms in total. The standard InChI is InChI=1S/C22H18F2O6/c1-13-3-6-16-15(11-21(26)29-18(16)9-13)12-28-20(25)8-5-14-4-7-17(30-22(23)24)19(10-14)27-2/h3-11,22H,12H2,1-2H3/b8-5+. The third-order valence-electron chi connectivity index (χ3n) is 4.17. The Morgan fingerprint density at radius 1 is 1.13 bits per heavy atom. The van der Waals surface area contributed by atoms with Crippen molar-refractivity contribution in [2.75, 3.05) is 7.11 Å². The summed E-state index contributed by atoms with van der Waals surface area (Å²) in [6.45, 7) is -1.22. The zero-order chi connectivity index (χ0) is 21.7. The molecular weight excluding hydrogens is 398 g/mol. The van der Waals surface area contributed by atoms with Crippen molar-refractivity contribution in [3.8, 4) is 11.5 Å². The largest absolute Gasteiger partial charge is 0.493 e.